The van der Waals surface area contributed by atoms with E-state index in [1.807, 2.05) is 32.2 Å². The molecule has 0 bridgehead atoms. The Hall–Kier alpha value is -5.06. The molecule has 2 aromatic carbocycles. The molecule has 3 N–H and O–H groups in total. The molecule has 0 amide bonds. The maximum Gasteiger partial charge on any atom is 0.227 e. The van der Waals surface area contributed by atoms with Crippen molar-refractivity contribution in [2.75, 3.05) is 85.9 Å². The van der Waals surface area contributed by atoms with Gasteiger partial charge in [-0.1, -0.05) is 6.92 Å². The first-order valence-electron chi connectivity index (χ1n) is 19.3. The molecule has 6 heterocycles. The molecule has 2 aliphatic rings. The average Bonchev–Trinajstić information content (AvgIpc) is 3.82. The van der Waals surface area contributed by atoms with Gasteiger partial charge in [0.1, 0.15) is 0 Å². The van der Waals surface area contributed by atoms with E-state index in [0.29, 0.717) is 25.1 Å². The molecule has 15 heteroatoms. The maximum atomic E-state index is 6.24. The highest BCUT2D eigenvalue weighted by atomic mass is 32.1. The molecule has 2 fully saturated rings. The average molecular weight is 789 g/mol. The molecule has 56 heavy (non-hydrogen) atoms. The number of nitrogens with one attached hydrogen (secondary N) is 3. The molecule has 2 saturated heterocycles. The maximum absolute atomic E-state index is 6.24. The summed E-state index contributed by atoms with van der Waals surface area (Å²) in [6.45, 7) is 16.1. The minimum atomic E-state index is 0.451. The topological polar surface area (TPSA) is 132 Å². The highest BCUT2D eigenvalue weighted by molar-refractivity contribution is 7.15. The Balaban J connectivity index is 0.800. The van der Waals surface area contributed by atoms with Gasteiger partial charge in [0.25, 0.3) is 0 Å². The van der Waals surface area contributed by atoms with E-state index in [9.17, 15) is 0 Å². The Morgan fingerprint density at radius 2 is 1.27 bits per heavy atom. The van der Waals surface area contributed by atoms with E-state index < -0.39 is 0 Å². The standard InChI is InChI=1S/C41H48N12OS2/c1-4-37-48-36(39(56-37)35-14-16-44-41(50-35)47-30-5-9-32(10-6-30)52-19-17-42-18-20-52)27-54-26-25-51-21-23-53(24-22-51)33-11-7-31(8-12-33)46-40-43-15-13-34(49-40)38-28(2)45-29(3)55-38/h5-16,42H,4,17-27H2,1-3H3,(H,43,46,49)(H,44,47,50). The van der Waals surface area contributed by atoms with Crippen molar-refractivity contribution in [3.8, 4) is 21.1 Å². The van der Waals surface area contributed by atoms with Crippen LogP contribution in [0, 0.1) is 13.8 Å². The van der Waals surface area contributed by atoms with E-state index in [1.165, 1.54) is 11.4 Å². The largest absolute Gasteiger partial charge is 0.374 e. The monoisotopic (exact) mass is 788 g/mol. The van der Waals surface area contributed by atoms with E-state index in [1.54, 1.807) is 28.9 Å². The SMILES string of the molecule is CCc1nc(COCCN2CCN(c3ccc(Nc4nccc(-c5sc(C)nc5C)n4)cc3)CC2)c(-c2ccnc(Nc3ccc(N4CCNCC4)cc3)n2)s1. The predicted molar refractivity (Wildman–Crippen MR) is 228 cm³/mol. The zero-order valence-electron chi connectivity index (χ0n) is 32.2. The smallest absolute Gasteiger partial charge is 0.227 e. The van der Waals surface area contributed by atoms with Gasteiger partial charge in [0.15, 0.2) is 0 Å². The molecule has 8 rings (SSSR count). The summed E-state index contributed by atoms with van der Waals surface area (Å²) < 4.78 is 6.24. The van der Waals surface area contributed by atoms with Crippen LogP contribution in [0.15, 0.2) is 73.1 Å². The lowest BCUT2D eigenvalue weighted by Gasteiger charge is -2.36. The summed E-state index contributed by atoms with van der Waals surface area (Å²) in [4.78, 5) is 37.5. The molecule has 0 radical (unpaired) electrons. The van der Waals surface area contributed by atoms with Gasteiger partial charge < -0.3 is 30.5 Å². The summed E-state index contributed by atoms with van der Waals surface area (Å²) in [5.41, 5.74) is 8.04. The van der Waals surface area contributed by atoms with Gasteiger partial charge in [-0.3, -0.25) is 4.90 Å². The number of hydrogen-bond acceptors (Lipinski definition) is 15. The first-order chi connectivity index (χ1) is 27.5. The van der Waals surface area contributed by atoms with E-state index in [4.69, 9.17) is 19.7 Å². The lowest BCUT2D eigenvalue weighted by molar-refractivity contribution is 0.0892. The van der Waals surface area contributed by atoms with Crippen LogP contribution >= 0.6 is 22.7 Å². The second kappa shape index (κ2) is 17.8. The van der Waals surface area contributed by atoms with Crippen LogP contribution in [0.5, 0.6) is 0 Å². The molecule has 6 aromatic rings. The zero-order valence-corrected chi connectivity index (χ0v) is 33.8. The molecule has 0 spiro atoms. The van der Waals surface area contributed by atoms with Crippen molar-refractivity contribution in [1.82, 2.24) is 40.1 Å². The van der Waals surface area contributed by atoms with Gasteiger partial charge >= 0.3 is 0 Å². The summed E-state index contributed by atoms with van der Waals surface area (Å²) in [7, 11) is 0. The van der Waals surface area contributed by atoms with Crippen LogP contribution in [-0.2, 0) is 17.8 Å². The molecular formula is C41H48N12OS2. The number of benzene rings is 2. The molecule has 13 nitrogen and oxygen atoms in total. The molecule has 290 valence electrons. The summed E-state index contributed by atoms with van der Waals surface area (Å²) in [5.74, 6) is 1.14. The summed E-state index contributed by atoms with van der Waals surface area (Å²) in [5, 5.41) is 12.3. The Bertz CT molecular complexity index is 2190. The Kier molecular flexibility index (Phi) is 12.0. The van der Waals surface area contributed by atoms with E-state index in [-0.39, 0.29) is 0 Å². The van der Waals surface area contributed by atoms with Crippen molar-refractivity contribution < 1.29 is 4.74 Å². The molecule has 0 unspecified atom stereocenters. The van der Waals surface area contributed by atoms with Crippen molar-refractivity contribution in [2.24, 2.45) is 0 Å². The van der Waals surface area contributed by atoms with Crippen LogP contribution in [0.3, 0.4) is 0 Å². The van der Waals surface area contributed by atoms with E-state index >= 15 is 0 Å². The minimum Gasteiger partial charge on any atom is -0.374 e. The second-order valence-corrected chi connectivity index (χ2v) is 16.2. The van der Waals surface area contributed by atoms with Crippen molar-refractivity contribution in [3.05, 3.63) is 94.5 Å². The number of rotatable bonds is 14. The van der Waals surface area contributed by atoms with Crippen LogP contribution in [0.25, 0.3) is 21.1 Å². The van der Waals surface area contributed by atoms with Crippen molar-refractivity contribution in [1.29, 1.82) is 0 Å². The quantitative estimate of drug-likeness (QED) is 0.0988. The first-order valence-corrected chi connectivity index (χ1v) is 20.9. The number of anilines is 6. The first kappa shape index (κ1) is 37.8. The van der Waals surface area contributed by atoms with Gasteiger partial charge in [0.2, 0.25) is 11.9 Å². The van der Waals surface area contributed by atoms with Crippen LogP contribution < -0.4 is 25.8 Å². The van der Waals surface area contributed by atoms with Gasteiger partial charge in [-0.25, -0.2) is 29.9 Å². The normalized spacial score (nSPS) is 15.0. The molecule has 0 aliphatic carbocycles. The lowest BCUT2D eigenvalue weighted by atomic mass is 10.2. The third-order valence-electron chi connectivity index (χ3n) is 9.98. The summed E-state index contributed by atoms with van der Waals surface area (Å²) >= 11 is 3.34. The molecular weight excluding hydrogens is 741 g/mol. The van der Waals surface area contributed by atoms with Crippen LogP contribution in [0.2, 0.25) is 0 Å². The fourth-order valence-corrected chi connectivity index (χ4v) is 8.86. The van der Waals surface area contributed by atoms with Gasteiger partial charge in [-0.15, -0.1) is 22.7 Å². The Morgan fingerprint density at radius 3 is 1.84 bits per heavy atom. The number of nitrogens with zero attached hydrogens (tertiary/aromatic N) is 9. The van der Waals surface area contributed by atoms with Crippen LogP contribution in [0.4, 0.5) is 34.6 Å². The lowest BCUT2D eigenvalue weighted by Crippen LogP contribution is -2.47. The van der Waals surface area contributed by atoms with Gasteiger partial charge in [0, 0.05) is 94.0 Å². The minimum absolute atomic E-state index is 0.451. The molecule has 4 aromatic heterocycles. The van der Waals surface area contributed by atoms with E-state index in [2.05, 4.69) is 101 Å². The third kappa shape index (κ3) is 9.31. The molecule has 0 atom stereocenters. The predicted octanol–water partition coefficient (Wildman–Crippen LogP) is 6.93. The fourth-order valence-electron chi connectivity index (χ4n) is 6.99. The number of aryl methyl sites for hydroxylation is 3. The zero-order chi connectivity index (χ0) is 38.3. The number of hydrogen-bond donors (Lipinski definition) is 3. The number of thiazole rings is 2. The molecule has 2 aliphatic heterocycles. The summed E-state index contributed by atoms with van der Waals surface area (Å²) in [6.07, 6.45) is 4.47. The van der Waals surface area contributed by atoms with E-state index in [0.717, 1.165) is 119 Å². The van der Waals surface area contributed by atoms with Gasteiger partial charge in [0.05, 0.1) is 55.8 Å². The summed E-state index contributed by atoms with van der Waals surface area (Å²) in [6, 6.07) is 20.9. The van der Waals surface area contributed by atoms with Crippen molar-refractivity contribution >= 4 is 57.3 Å². The Morgan fingerprint density at radius 1 is 0.679 bits per heavy atom. The Labute approximate surface area is 336 Å². The number of piperazine rings is 2. The van der Waals surface area contributed by atoms with Gasteiger partial charge in [-0.2, -0.15) is 0 Å². The highest BCUT2D eigenvalue weighted by Gasteiger charge is 2.19. The molecule has 0 saturated carbocycles. The van der Waals surface area contributed by atoms with Crippen molar-refractivity contribution in [2.45, 2.75) is 33.8 Å². The van der Waals surface area contributed by atoms with Crippen molar-refractivity contribution in [3.63, 3.8) is 0 Å². The van der Waals surface area contributed by atoms with Gasteiger partial charge in [-0.05, 0) is 80.9 Å². The number of aromatic nitrogens is 6. The van der Waals surface area contributed by atoms with Crippen LogP contribution in [-0.4, -0.2) is 100 Å². The highest BCUT2D eigenvalue weighted by Crippen LogP contribution is 2.32. The second-order valence-electron chi connectivity index (χ2n) is 13.9. The fraction of sp³-hybridized carbons (Fsp3) is 0.366. The number of ether oxygens (including phenoxy) is 1. The van der Waals surface area contributed by atoms with Crippen LogP contribution in [0.1, 0.15) is 28.3 Å². The third-order valence-corrected chi connectivity index (χ3v) is 12.3.